The number of carbonyl (C=O) groups excluding carboxylic acids is 2. The molecule has 2 rings (SSSR count). The summed E-state index contributed by atoms with van der Waals surface area (Å²) in [4.78, 5) is 27.9. The number of carbonyl (C=O) groups is 2. The minimum atomic E-state index is -3.78. The van der Waals surface area contributed by atoms with Crippen molar-refractivity contribution in [3.8, 4) is 0 Å². The van der Waals surface area contributed by atoms with Crippen molar-refractivity contribution < 1.29 is 18.0 Å². The highest BCUT2D eigenvalue weighted by molar-refractivity contribution is 7.92. The summed E-state index contributed by atoms with van der Waals surface area (Å²) in [6.07, 6.45) is 1.06. The summed E-state index contributed by atoms with van der Waals surface area (Å²) in [5.74, 6) is -0.581. The molecule has 0 aliphatic rings. The maximum atomic E-state index is 13.6. The molecular formula is C27H38ClN3O4S. The predicted octanol–water partition coefficient (Wildman–Crippen LogP) is 4.59. The zero-order valence-corrected chi connectivity index (χ0v) is 23.8. The SMILES string of the molecule is CC(C)CNC(=O)C(C)N(Cc1ccccc1Cl)C(=O)CN(c1ccc(C(C)(C)C)cc1)S(C)(=O)=O. The summed E-state index contributed by atoms with van der Waals surface area (Å²) in [6.45, 7) is 11.9. The molecule has 0 aliphatic heterocycles. The maximum Gasteiger partial charge on any atom is 0.244 e. The normalized spacial score (nSPS) is 12.8. The molecule has 1 unspecified atom stereocenters. The van der Waals surface area contributed by atoms with Gasteiger partial charge in [-0.1, -0.05) is 76.6 Å². The first kappa shape index (κ1) is 29.6. The molecule has 0 saturated heterocycles. The van der Waals surface area contributed by atoms with Gasteiger partial charge >= 0.3 is 0 Å². The van der Waals surface area contributed by atoms with Gasteiger partial charge in [0.15, 0.2) is 0 Å². The van der Waals surface area contributed by atoms with Crippen molar-refractivity contribution in [1.29, 1.82) is 0 Å². The Morgan fingerprint density at radius 1 is 1.00 bits per heavy atom. The Morgan fingerprint density at radius 3 is 2.08 bits per heavy atom. The fourth-order valence-electron chi connectivity index (χ4n) is 3.59. The van der Waals surface area contributed by atoms with E-state index in [1.807, 2.05) is 26.0 Å². The average molecular weight is 536 g/mol. The lowest BCUT2D eigenvalue weighted by Gasteiger charge is -2.32. The standard InChI is InChI=1S/C27H38ClN3O4S/c1-19(2)16-29-26(33)20(3)30(17-21-10-8-9-11-24(21)28)25(32)18-31(36(7,34)35)23-14-12-22(13-15-23)27(4,5)6/h8-15,19-20H,16-18H2,1-7H3,(H,29,33). The molecule has 2 aromatic carbocycles. The molecule has 1 N–H and O–H groups in total. The van der Waals surface area contributed by atoms with Gasteiger partial charge in [0.25, 0.3) is 0 Å². The maximum absolute atomic E-state index is 13.6. The molecule has 0 saturated carbocycles. The number of anilines is 1. The largest absolute Gasteiger partial charge is 0.354 e. The number of hydrogen-bond acceptors (Lipinski definition) is 4. The van der Waals surface area contributed by atoms with Gasteiger partial charge in [-0.05, 0) is 47.6 Å². The van der Waals surface area contributed by atoms with Crippen molar-refractivity contribution in [3.05, 3.63) is 64.7 Å². The van der Waals surface area contributed by atoms with E-state index in [4.69, 9.17) is 11.6 Å². The second-order valence-corrected chi connectivity index (χ2v) is 12.8. The lowest BCUT2D eigenvalue weighted by atomic mass is 9.87. The number of hydrogen-bond donors (Lipinski definition) is 1. The molecule has 2 amide bonds. The van der Waals surface area contributed by atoms with Crippen molar-refractivity contribution in [3.63, 3.8) is 0 Å². The monoisotopic (exact) mass is 535 g/mol. The van der Waals surface area contributed by atoms with Gasteiger partial charge in [0.05, 0.1) is 11.9 Å². The van der Waals surface area contributed by atoms with Gasteiger partial charge in [-0.3, -0.25) is 13.9 Å². The minimum Gasteiger partial charge on any atom is -0.354 e. The zero-order chi connectivity index (χ0) is 27.3. The van der Waals surface area contributed by atoms with Crippen molar-refractivity contribution in [2.45, 2.75) is 59.5 Å². The first-order valence-corrected chi connectivity index (χ1v) is 14.2. The predicted molar refractivity (Wildman–Crippen MR) is 147 cm³/mol. The van der Waals surface area contributed by atoms with Gasteiger partial charge in [0.1, 0.15) is 12.6 Å². The summed E-state index contributed by atoms with van der Waals surface area (Å²) in [5, 5.41) is 3.32. The van der Waals surface area contributed by atoms with E-state index in [0.29, 0.717) is 22.8 Å². The van der Waals surface area contributed by atoms with Crippen LogP contribution in [0.3, 0.4) is 0 Å². The van der Waals surface area contributed by atoms with Gasteiger partial charge in [-0.15, -0.1) is 0 Å². The fraction of sp³-hybridized carbons (Fsp3) is 0.481. The topological polar surface area (TPSA) is 86.8 Å². The molecule has 36 heavy (non-hydrogen) atoms. The van der Waals surface area contributed by atoms with Crippen LogP contribution in [-0.2, 0) is 31.6 Å². The number of sulfonamides is 1. The number of benzene rings is 2. The van der Waals surface area contributed by atoms with E-state index < -0.39 is 28.5 Å². The van der Waals surface area contributed by atoms with Crippen molar-refractivity contribution >= 4 is 39.1 Å². The van der Waals surface area contributed by atoms with Crippen LogP contribution in [-0.4, -0.2) is 50.5 Å². The highest BCUT2D eigenvalue weighted by Crippen LogP contribution is 2.26. The van der Waals surface area contributed by atoms with Crippen LogP contribution in [0.5, 0.6) is 0 Å². The number of halogens is 1. The molecule has 0 bridgehead atoms. The van der Waals surface area contributed by atoms with Crippen LogP contribution in [0.4, 0.5) is 5.69 Å². The van der Waals surface area contributed by atoms with Crippen LogP contribution < -0.4 is 9.62 Å². The fourth-order valence-corrected chi connectivity index (χ4v) is 4.63. The Hall–Kier alpha value is -2.58. The molecule has 1 atom stereocenters. The van der Waals surface area contributed by atoms with Gasteiger partial charge < -0.3 is 10.2 Å². The summed E-state index contributed by atoms with van der Waals surface area (Å²) in [5.41, 5.74) is 1.99. The second-order valence-electron chi connectivity index (χ2n) is 10.5. The first-order valence-electron chi connectivity index (χ1n) is 12.0. The highest BCUT2D eigenvalue weighted by Gasteiger charge is 2.30. The quantitative estimate of drug-likeness (QED) is 0.482. The molecule has 7 nitrogen and oxygen atoms in total. The van der Waals surface area contributed by atoms with Crippen LogP contribution in [0.15, 0.2) is 48.5 Å². The molecule has 198 valence electrons. The molecule has 0 spiro atoms. The average Bonchev–Trinajstić information content (AvgIpc) is 2.78. The minimum absolute atomic E-state index is 0.0648. The van der Waals surface area contributed by atoms with E-state index in [1.165, 1.54) is 4.90 Å². The summed E-state index contributed by atoms with van der Waals surface area (Å²) >= 11 is 6.34. The number of amides is 2. The van der Waals surface area contributed by atoms with E-state index in [2.05, 4.69) is 26.1 Å². The summed E-state index contributed by atoms with van der Waals surface area (Å²) < 4.78 is 26.5. The first-order chi connectivity index (χ1) is 16.6. The molecule has 0 aromatic heterocycles. The molecule has 0 aliphatic carbocycles. The lowest BCUT2D eigenvalue weighted by Crippen LogP contribution is -2.51. The summed E-state index contributed by atoms with van der Waals surface area (Å²) in [6, 6.07) is 13.4. The molecule has 0 heterocycles. The van der Waals surface area contributed by atoms with Crippen molar-refractivity contribution in [1.82, 2.24) is 10.2 Å². The summed E-state index contributed by atoms with van der Waals surface area (Å²) in [7, 11) is -3.78. The molecule has 0 radical (unpaired) electrons. The Bertz CT molecular complexity index is 1160. The van der Waals surface area contributed by atoms with Crippen LogP contribution in [0.25, 0.3) is 0 Å². The highest BCUT2D eigenvalue weighted by atomic mass is 35.5. The third-order valence-electron chi connectivity index (χ3n) is 5.85. The van der Waals surface area contributed by atoms with E-state index >= 15 is 0 Å². The van der Waals surface area contributed by atoms with Gasteiger partial charge in [-0.2, -0.15) is 0 Å². The van der Waals surface area contributed by atoms with E-state index in [0.717, 1.165) is 16.1 Å². The van der Waals surface area contributed by atoms with Crippen molar-refractivity contribution in [2.24, 2.45) is 5.92 Å². The molecular weight excluding hydrogens is 498 g/mol. The Labute approximate surface area is 220 Å². The molecule has 0 fully saturated rings. The smallest absolute Gasteiger partial charge is 0.244 e. The molecule has 9 heteroatoms. The molecule has 2 aromatic rings. The Kier molecular flexibility index (Phi) is 9.97. The Balaban J connectivity index is 2.39. The zero-order valence-electron chi connectivity index (χ0n) is 22.2. The van der Waals surface area contributed by atoms with E-state index in [1.54, 1.807) is 43.3 Å². The van der Waals surface area contributed by atoms with Crippen molar-refractivity contribution in [2.75, 3.05) is 23.7 Å². The van der Waals surface area contributed by atoms with Crippen LogP contribution in [0.1, 0.15) is 52.7 Å². The van der Waals surface area contributed by atoms with Crippen LogP contribution in [0.2, 0.25) is 5.02 Å². The van der Waals surface area contributed by atoms with E-state index in [-0.39, 0.29) is 23.8 Å². The Morgan fingerprint density at radius 2 is 1.58 bits per heavy atom. The van der Waals surface area contributed by atoms with Crippen LogP contribution >= 0.6 is 11.6 Å². The third-order valence-corrected chi connectivity index (χ3v) is 7.36. The van der Waals surface area contributed by atoms with Gasteiger partial charge in [0, 0.05) is 18.1 Å². The number of nitrogens with one attached hydrogen (secondary N) is 1. The van der Waals surface area contributed by atoms with E-state index in [9.17, 15) is 18.0 Å². The van der Waals surface area contributed by atoms with Gasteiger partial charge in [-0.25, -0.2) is 8.42 Å². The van der Waals surface area contributed by atoms with Gasteiger partial charge in [0.2, 0.25) is 21.8 Å². The lowest BCUT2D eigenvalue weighted by molar-refractivity contribution is -0.139. The number of rotatable bonds is 10. The number of nitrogens with zero attached hydrogens (tertiary/aromatic N) is 2. The second kappa shape index (κ2) is 12.1. The third kappa shape index (κ3) is 8.23. The van der Waals surface area contributed by atoms with Crippen LogP contribution in [0, 0.1) is 5.92 Å².